The number of rotatable bonds is 4. The maximum atomic E-state index is 10.5. The summed E-state index contributed by atoms with van der Waals surface area (Å²) in [5, 5.41) is 2.63. The van der Waals surface area contributed by atoms with Gasteiger partial charge in [-0.2, -0.15) is 0 Å². The highest BCUT2D eigenvalue weighted by Crippen LogP contribution is 1.77. The molecule has 10 heavy (non-hydrogen) atoms. The molecule has 60 valence electrons. The lowest BCUT2D eigenvalue weighted by Crippen LogP contribution is -2.30. The first-order chi connectivity index (χ1) is 4.81. The van der Waals surface area contributed by atoms with E-state index in [1.165, 1.54) is 0 Å². The number of hydrogen-bond donors (Lipinski definition) is 2. The molecule has 4 nitrogen and oxygen atoms in total. The second-order valence-corrected chi connectivity index (χ2v) is 2.24. The summed E-state index contributed by atoms with van der Waals surface area (Å²) in [5.41, 5.74) is 0. The number of halogens is 1. The van der Waals surface area contributed by atoms with Gasteiger partial charge < -0.3 is 10.1 Å². The van der Waals surface area contributed by atoms with E-state index in [4.69, 9.17) is 4.74 Å². The summed E-state index contributed by atoms with van der Waals surface area (Å²) in [4.78, 5) is 10.5. The average Bonchev–Trinajstić information content (AvgIpc) is 1.98. The van der Waals surface area contributed by atoms with Gasteiger partial charge in [0.2, 0.25) is 0 Å². The number of ether oxygens (including phenoxy) is 1. The first-order valence-electron chi connectivity index (χ1n) is 2.94. The summed E-state index contributed by atoms with van der Waals surface area (Å²) >= 11 is 1.78. The van der Waals surface area contributed by atoms with Crippen molar-refractivity contribution in [1.29, 1.82) is 0 Å². The second kappa shape index (κ2) is 7.07. The molecule has 0 heterocycles. The van der Waals surface area contributed by atoms with E-state index in [0.29, 0.717) is 13.2 Å². The van der Waals surface area contributed by atoms with Crippen LogP contribution in [0.2, 0.25) is 0 Å². The molecule has 0 aromatic rings. The Kier molecular flexibility index (Phi) is 7.04. The summed E-state index contributed by atoms with van der Waals surface area (Å²) < 4.78 is 7.20. The van der Waals surface area contributed by atoms with Crippen LogP contribution >= 0.6 is 22.9 Å². The zero-order valence-electron chi connectivity index (χ0n) is 5.82. The molecule has 0 aliphatic rings. The van der Waals surface area contributed by atoms with Crippen LogP contribution in [-0.4, -0.2) is 26.3 Å². The van der Waals surface area contributed by atoms with Crippen molar-refractivity contribution < 1.29 is 9.53 Å². The van der Waals surface area contributed by atoms with Crippen molar-refractivity contribution in [2.75, 3.05) is 20.3 Å². The average molecular weight is 258 g/mol. The molecular weight excluding hydrogens is 247 g/mol. The molecule has 0 spiro atoms. The Morgan fingerprint density at radius 2 is 2.40 bits per heavy atom. The quantitative estimate of drug-likeness (QED) is 0.442. The van der Waals surface area contributed by atoms with Gasteiger partial charge in [0, 0.05) is 20.3 Å². The smallest absolute Gasteiger partial charge is 0.323 e. The lowest BCUT2D eigenvalue weighted by atomic mass is 10.4. The second-order valence-electron chi connectivity index (χ2n) is 1.70. The number of methoxy groups -OCH3 is 1. The minimum atomic E-state index is -0.156. The zero-order chi connectivity index (χ0) is 7.82. The maximum Gasteiger partial charge on any atom is 0.323 e. The van der Waals surface area contributed by atoms with Crippen LogP contribution in [0.25, 0.3) is 0 Å². The molecule has 0 aliphatic heterocycles. The van der Waals surface area contributed by atoms with Gasteiger partial charge in [0.25, 0.3) is 0 Å². The van der Waals surface area contributed by atoms with Gasteiger partial charge in [0.05, 0.1) is 22.9 Å². The van der Waals surface area contributed by atoms with Crippen LogP contribution in [-0.2, 0) is 4.74 Å². The molecule has 0 aliphatic carbocycles. The first-order valence-corrected chi connectivity index (χ1v) is 4.02. The number of urea groups is 1. The SMILES string of the molecule is COCCCNC(=O)NI. The number of amides is 2. The summed E-state index contributed by atoms with van der Waals surface area (Å²) in [6.45, 7) is 1.34. The Balaban J connectivity index is 2.96. The predicted molar refractivity (Wildman–Crippen MR) is 47.0 cm³/mol. The van der Waals surface area contributed by atoms with Crippen molar-refractivity contribution in [1.82, 2.24) is 8.85 Å². The highest BCUT2D eigenvalue weighted by molar-refractivity contribution is 14.1. The first kappa shape index (κ1) is 9.96. The van der Waals surface area contributed by atoms with Gasteiger partial charge in [0.15, 0.2) is 0 Å². The number of carbonyl (C=O) groups is 1. The summed E-state index contributed by atoms with van der Waals surface area (Å²) in [6.07, 6.45) is 0.848. The van der Waals surface area contributed by atoms with Crippen LogP contribution < -0.4 is 8.85 Å². The Hall–Kier alpha value is -0.0400. The van der Waals surface area contributed by atoms with Gasteiger partial charge in [-0.15, -0.1) is 0 Å². The van der Waals surface area contributed by atoms with E-state index in [0.717, 1.165) is 6.42 Å². The van der Waals surface area contributed by atoms with Crippen LogP contribution in [0.3, 0.4) is 0 Å². The van der Waals surface area contributed by atoms with Crippen molar-refractivity contribution >= 4 is 28.9 Å². The Morgan fingerprint density at radius 3 is 2.90 bits per heavy atom. The highest BCUT2D eigenvalue weighted by atomic mass is 127. The third kappa shape index (κ3) is 6.09. The summed E-state index contributed by atoms with van der Waals surface area (Å²) in [7, 11) is 1.64. The largest absolute Gasteiger partial charge is 0.385 e. The molecule has 2 amide bonds. The molecule has 2 N–H and O–H groups in total. The molecule has 5 heteroatoms. The van der Waals surface area contributed by atoms with Crippen LogP contribution in [0.15, 0.2) is 0 Å². The van der Waals surface area contributed by atoms with Crippen LogP contribution in [0.1, 0.15) is 6.42 Å². The lowest BCUT2D eigenvalue weighted by Gasteiger charge is -2.01. The van der Waals surface area contributed by atoms with Crippen LogP contribution in [0, 0.1) is 0 Å². The minimum absolute atomic E-state index is 0.156. The van der Waals surface area contributed by atoms with E-state index in [1.54, 1.807) is 30.0 Å². The van der Waals surface area contributed by atoms with E-state index in [9.17, 15) is 4.79 Å². The number of hydrogen-bond acceptors (Lipinski definition) is 2. The van der Waals surface area contributed by atoms with E-state index >= 15 is 0 Å². The highest BCUT2D eigenvalue weighted by Gasteiger charge is 1.93. The van der Waals surface area contributed by atoms with Gasteiger partial charge in [-0.25, -0.2) is 4.79 Å². The number of nitrogens with one attached hydrogen (secondary N) is 2. The summed E-state index contributed by atoms with van der Waals surface area (Å²) in [5.74, 6) is 0. The Morgan fingerprint density at radius 1 is 1.70 bits per heavy atom. The van der Waals surface area contributed by atoms with Gasteiger partial charge in [-0.05, 0) is 6.42 Å². The van der Waals surface area contributed by atoms with Crippen molar-refractivity contribution in [2.45, 2.75) is 6.42 Å². The normalized spacial score (nSPS) is 9.00. The predicted octanol–water partition coefficient (Wildman–Crippen LogP) is 0.672. The molecular formula is C5H11IN2O2. The van der Waals surface area contributed by atoms with E-state index in [-0.39, 0.29) is 6.03 Å². The Labute approximate surface area is 74.2 Å². The zero-order valence-corrected chi connectivity index (χ0v) is 7.97. The van der Waals surface area contributed by atoms with Gasteiger partial charge >= 0.3 is 6.03 Å². The Bertz CT molecular complexity index is 99.6. The van der Waals surface area contributed by atoms with E-state index in [1.807, 2.05) is 0 Å². The topological polar surface area (TPSA) is 50.4 Å². The van der Waals surface area contributed by atoms with E-state index < -0.39 is 0 Å². The molecule has 0 radical (unpaired) electrons. The number of carbonyl (C=O) groups excluding carboxylic acids is 1. The van der Waals surface area contributed by atoms with Crippen molar-refractivity contribution in [3.05, 3.63) is 0 Å². The molecule has 0 bridgehead atoms. The fourth-order valence-electron chi connectivity index (χ4n) is 0.452. The molecule has 0 aromatic heterocycles. The van der Waals surface area contributed by atoms with E-state index in [2.05, 4.69) is 8.85 Å². The van der Waals surface area contributed by atoms with Gasteiger partial charge in [0.1, 0.15) is 0 Å². The van der Waals surface area contributed by atoms with Gasteiger partial charge in [-0.3, -0.25) is 3.53 Å². The minimum Gasteiger partial charge on any atom is -0.385 e. The standard InChI is InChI=1S/C5H11IN2O2/c1-10-4-2-3-7-5(9)8-6/h2-4H2,1H3,(H2,7,8,9). The maximum absolute atomic E-state index is 10.5. The molecule has 0 atom stereocenters. The monoisotopic (exact) mass is 258 g/mol. The molecule has 0 saturated heterocycles. The van der Waals surface area contributed by atoms with Crippen LogP contribution in [0.5, 0.6) is 0 Å². The summed E-state index contributed by atoms with van der Waals surface area (Å²) in [6, 6.07) is -0.156. The fraction of sp³-hybridized carbons (Fsp3) is 0.800. The van der Waals surface area contributed by atoms with Crippen molar-refractivity contribution in [3.63, 3.8) is 0 Å². The van der Waals surface area contributed by atoms with Crippen molar-refractivity contribution in [3.8, 4) is 0 Å². The van der Waals surface area contributed by atoms with Gasteiger partial charge in [-0.1, -0.05) is 0 Å². The third-order valence-electron chi connectivity index (χ3n) is 0.897. The third-order valence-corrected chi connectivity index (χ3v) is 1.39. The molecule has 0 fully saturated rings. The van der Waals surface area contributed by atoms with Crippen LogP contribution in [0.4, 0.5) is 4.79 Å². The van der Waals surface area contributed by atoms with Crippen molar-refractivity contribution in [2.24, 2.45) is 0 Å². The fourth-order valence-corrected chi connectivity index (χ4v) is 0.643. The molecule has 0 aromatic carbocycles. The molecule has 0 unspecified atom stereocenters. The molecule has 0 saturated carbocycles. The molecule has 0 rings (SSSR count). The lowest BCUT2D eigenvalue weighted by molar-refractivity contribution is 0.194.